The molecule has 0 saturated heterocycles. The molecular weight excluding hydrogens is 260 g/mol. The summed E-state index contributed by atoms with van der Waals surface area (Å²) in [5.41, 5.74) is 2.35. The third-order valence-corrected chi connectivity index (χ3v) is 3.08. The molecule has 114 valence electrons. The quantitative estimate of drug-likeness (QED) is 0.388. The van der Waals surface area contributed by atoms with Crippen LogP contribution in [0.15, 0.2) is 0 Å². The van der Waals surface area contributed by atoms with Gasteiger partial charge in [-0.15, -0.1) is 0 Å². The Kier molecular flexibility index (Phi) is 6.96. The molecule has 0 radical (unpaired) electrons. The van der Waals surface area contributed by atoms with E-state index in [9.17, 15) is 5.11 Å². The number of rotatable bonds is 9. The monoisotopic (exact) mass is 284 g/mol. The Morgan fingerprint density at radius 3 is 2.35 bits per heavy atom. The van der Waals surface area contributed by atoms with Crippen molar-refractivity contribution in [3.63, 3.8) is 0 Å². The Hall–Kier alpha value is -1.67. The molecule has 1 rings (SSSR count). The number of hydrazine groups is 1. The summed E-state index contributed by atoms with van der Waals surface area (Å²) in [4.78, 5) is 12.1. The predicted molar refractivity (Wildman–Crippen MR) is 77.4 cm³/mol. The summed E-state index contributed by atoms with van der Waals surface area (Å²) in [6, 6.07) is 0.190. The summed E-state index contributed by atoms with van der Waals surface area (Å²) < 4.78 is 5.23. The molecule has 0 aromatic carbocycles. The lowest BCUT2D eigenvalue weighted by molar-refractivity contribution is 0.114. The van der Waals surface area contributed by atoms with Gasteiger partial charge in [-0.1, -0.05) is 26.7 Å². The summed E-state index contributed by atoms with van der Waals surface area (Å²) in [5, 5.41) is 13.0. The maximum atomic E-state index is 10.1. The van der Waals surface area contributed by atoms with E-state index < -0.39 is 6.10 Å². The van der Waals surface area contributed by atoms with Crippen molar-refractivity contribution in [1.82, 2.24) is 15.0 Å². The fourth-order valence-electron chi connectivity index (χ4n) is 1.89. The zero-order chi connectivity index (χ0) is 15.0. The number of anilines is 2. The number of nitrogens with two attached hydrogens (primary N) is 1. The van der Waals surface area contributed by atoms with E-state index in [1.807, 2.05) is 6.92 Å². The van der Waals surface area contributed by atoms with Crippen molar-refractivity contribution < 1.29 is 9.84 Å². The van der Waals surface area contributed by atoms with Crippen LogP contribution in [0.2, 0.25) is 0 Å². The van der Waals surface area contributed by atoms with Gasteiger partial charge in [-0.3, -0.25) is 5.43 Å². The molecule has 8 nitrogen and oxygen atoms in total. The molecule has 0 spiro atoms. The van der Waals surface area contributed by atoms with E-state index in [0.29, 0.717) is 19.1 Å². The minimum absolute atomic E-state index is 0.190. The van der Waals surface area contributed by atoms with Crippen LogP contribution in [0.4, 0.5) is 11.9 Å². The molecule has 0 saturated carbocycles. The second-order valence-corrected chi connectivity index (χ2v) is 4.37. The highest BCUT2D eigenvalue weighted by atomic mass is 16.5. The molecule has 1 unspecified atom stereocenters. The number of nitrogen functional groups attached to an aromatic ring is 1. The molecule has 0 bridgehead atoms. The minimum Gasteiger partial charge on any atom is -0.464 e. The highest BCUT2D eigenvalue weighted by molar-refractivity contribution is 5.34. The first kappa shape index (κ1) is 16.4. The Morgan fingerprint density at radius 2 is 1.80 bits per heavy atom. The summed E-state index contributed by atoms with van der Waals surface area (Å²) in [5.74, 6) is 6.08. The normalized spacial score (nSPS) is 12.3. The first-order valence-electron chi connectivity index (χ1n) is 6.91. The number of nitrogens with one attached hydrogen (secondary N) is 2. The van der Waals surface area contributed by atoms with Crippen LogP contribution in [-0.2, 0) is 0 Å². The van der Waals surface area contributed by atoms with Gasteiger partial charge < -0.3 is 15.2 Å². The van der Waals surface area contributed by atoms with Crippen LogP contribution >= 0.6 is 0 Å². The second-order valence-electron chi connectivity index (χ2n) is 4.37. The van der Waals surface area contributed by atoms with E-state index in [4.69, 9.17) is 10.6 Å². The second kappa shape index (κ2) is 8.49. The van der Waals surface area contributed by atoms with Gasteiger partial charge in [0.25, 0.3) is 0 Å². The maximum Gasteiger partial charge on any atom is 0.323 e. The fourth-order valence-corrected chi connectivity index (χ4v) is 1.89. The molecule has 1 aromatic rings. The first-order valence-corrected chi connectivity index (χ1v) is 6.91. The van der Waals surface area contributed by atoms with E-state index in [1.54, 1.807) is 0 Å². The van der Waals surface area contributed by atoms with E-state index in [-0.39, 0.29) is 17.9 Å². The topological polar surface area (TPSA) is 118 Å². The fraction of sp³-hybridized carbons (Fsp3) is 0.750. The van der Waals surface area contributed by atoms with Crippen LogP contribution < -0.4 is 21.3 Å². The first-order chi connectivity index (χ1) is 9.64. The van der Waals surface area contributed by atoms with Crippen molar-refractivity contribution in [3.8, 4) is 6.01 Å². The van der Waals surface area contributed by atoms with Gasteiger partial charge in [-0.25, -0.2) is 5.84 Å². The number of hydrogen-bond donors (Lipinski definition) is 4. The lowest BCUT2D eigenvalue weighted by atomic mass is 9.97. The Bertz CT molecular complexity index is 400. The molecule has 20 heavy (non-hydrogen) atoms. The van der Waals surface area contributed by atoms with Crippen molar-refractivity contribution in [2.45, 2.75) is 39.7 Å². The minimum atomic E-state index is -0.452. The molecule has 0 aliphatic rings. The van der Waals surface area contributed by atoms with Crippen molar-refractivity contribution in [1.29, 1.82) is 0 Å². The van der Waals surface area contributed by atoms with Gasteiger partial charge in [-0.05, 0) is 12.8 Å². The smallest absolute Gasteiger partial charge is 0.323 e. The maximum absolute atomic E-state index is 10.1. The van der Waals surface area contributed by atoms with Gasteiger partial charge in [0.15, 0.2) is 0 Å². The third-order valence-electron chi connectivity index (χ3n) is 3.08. The molecule has 0 fully saturated rings. The summed E-state index contributed by atoms with van der Waals surface area (Å²) in [6.45, 7) is 6.77. The van der Waals surface area contributed by atoms with Crippen molar-refractivity contribution in [3.05, 3.63) is 0 Å². The number of aromatic nitrogens is 3. The van der Waals surface area contributed by atoms with E-state index >= 15 is 0 Å². The van der Waals surface area contributed by atoms with Crippen LogP contribution in [0.25, 0.3) is 0 Å². The van der Waals surface area contributed by atoms with Crippen molar-refractivity contribution >= 4 is 11.9 Å². The van der Waals surface area contributed by atoms with Gasteiger partial charge in [0.05, 0.1) is 12.7 Å². The van der Waals surface area contributed by atoms with Crippen LogP contribution in [0.3, 0.4) is 0 Å². The van der Waals surface area contributed by atoms with Gasteiger partial charge >= 0.3 is 6.01 Å². The highest BCUT2D eigenvalue weighted by Crippen LogP contribution is 2.15. The Labute approximate surface area is 119 Å². The summed E-state index contributed by atoms with van der Waals surface area (Å²) in [7, 11) is 0. The third kappa shape index (κ3) is 4.78. The molecule has 1 atom stereocenters. The predicted octanol–water partition coefficient (Wildman–Crippen LogP) is 0.765. The van der Waals surface area contributed by atoms with Crippen LogP contribution in [0, 0.1) is 5.92 Å². The number of hydrogen-bond acceptors (Lipinski definition) is 8. The SMILES string of the molecule is CCOc1nc(NN)nc(NCC(O)C(CC)CC)n1. The van der Waals surface area contributed by atoms with Crippen molar-refractivity contribution in [2.75, 3.05) is 23.9 Å². The summed E-state index contributed by atoms with van der Waals surface area (Å²) >= 11 is 0. The van der Waals surface area contributed by atoms with Crippen LogP contribution in [0.5, 0.6) is 6.01 Å². The van der Waals surface area contributed by atoms with E-state index in [0.717, 1.165) is 12.8 Å². The molecule has 0 amide bonds. The average Bonchev–Trinajstić information content (AvgIpc) is 2.46. The number of nitrogens with zero attached hydrogens (tertiary/aromatic N) is 3. The molecule has 1 heterocycles. The lowest BCUT2D eigenvalue weighted by Crippen LogP contribution is -2.28. The molecular formula is C12H24N6O2. The Balaban J connectivity index is 2.68. The zero-order valence-electron chi connectivity index (χ0n) is 12.3. The van der Waals surface area contributed by atoms with Gasteiger partial charge in [0.2, 0.25) is 11.9 Å². The summed E-state index contributed by atoms with van der Waals surface area (Å²) in [6.07, 6.45) is 1.40. The van der Waals surface area contributed by atoms with Gasteiger partial charge in [0.1, 0.15) is 0 Å². The largest absolute Gasteiger partial charge is 0.464 e. The van der Waals surface area contributed by atoms with Crippen LogP contribution in [0.1, 0.15) is 33.6 Å². The van der Waals surface area contributed by atoms with Crippen LogP contribution in [-0.4, -0.2) is 39.3 Å². The zero-order valence-corrected chi connectivity index (χ0v) is 12.3. The van der Waals surface area contributed by atoms with E-state index in [1.165, 1.54) is 0 Å². The number of aliphatic hydroxyl groups excluding tert-OH is 1. The molecule has 8 heteroatoms. The van der Waals surface area contributed by atoms with Gasteiger partial charge in [-0.2, -0.15) is 15.0 Å². The number of aliphatic hydroxyl groups is 1. The standard InChI is InChI=1S/C12H24N6O2/c1-4-8(5-2)9(19)7-14-10-15-11(18-13)17-12(16-10)20-6-3/h8-9,19H,4-7,13H2,1-3H3,(H2,14,15,16,17,18). The highest BCUT2D eigenvalue weighted by Gasteiger charge is 2.16. The van der Waals surface area contributed by atoms with Gasteiger partial charge in [0, 0.05) is 6.54 Å². The molecule has 0 aliphatic heterocycles. The average molecular weight is 284 g/mol. The Morgan fingerprint density at radius 1 is 1.15 bits per heavy atom. The molecule has 0 aliphatic carbocycles. The van der Waals surface area contributed by atoms with E-state index in [2.05, 4.69) is 39.5 Å². The lowest BCUT2D eigenvalue weighted by Gasteiger charge is -2.20. The molecule has 5 N–H and O–H groups in total. The van der Waals surface area contributed by atoms with Crippen molar-refractivity contribution in [2.24, 2.45) is 11.8 Å². The number of ether oxygens (including phenoxy) is 1. The molecule has 1 aromatic heterocycles.